The highest BCUT2D eigenvalue weighted by atomic mass is 35.5. The first-order chi connectivity index (χ1) is 66.9. The Morgan fingerprint density at radius 1 is 0.241 bits per heavy atom. The minimum atomic E-state index is 0.0703. The van der Waals surface area contributed by atoms with Crippen LogP contribution in [-0.4, -0.2) is 54.8 Å². The van der Waals surface area contributed by atoms with Crippen molar-refractivity contribution in [3.05, 3.63) is 229 Å². The second-order valence-corrected chi connectivity index (χ2v) is 40.2. The number of fused-ring (bicyclic) bond motifs is 16. The van der Waals surface area contributed by atoms with Crippen molar-refractivity contribution in [3.63, 3.8) is 0 Å². The van der Waals surface area contributed by atoms with E-state index in [9.17, 15) is 0 Å². The van der Waals surface area contributed by atoms with Crippen molar-refractivity contribution in [3.8, 4) is 44.5 Å². The molecule has 15 rings (SSSR count). The van der Waals surface area contributed by atoms with Crippen LogP contribution in [0.4, 0.5) is 23.3 Å². The zero-order valence-corrected chi connectivity index (χ0v) is 86.8. The summed E-state index contributed by atoms with van der Waals surface area (Å²) in [7, 11) is 0. The van der Waals surface area contributed by atoms with Crippen LogP contribution in [0.5, 0.6) is 0 Å². The first kappa shape index (κ1) is 100. The lowest BCUT2D eigenvalue weighted by Gasteiger charge is -2.12. The number of rotatable bonds is 48. The summed E-state index contributed by atoms with van der Waals surface area (Å²) in [6, 6.07) is 49.5. The highest BCUT2D eigenvalue weighted by Gasteiger charge is 2.32. The molecule has 137 heavy (non-hydrogen) atoms. The zero-order valence-electron chi connectivity index (χ0n) is 86.0. The van der Waals surface area contributed by atoms with Gasteiger partial charge in [0.1, 0.15) is 0 Å². The highest BCUT2D eigenvalue weighted by Crippen LogP contribution is 2.50. The molecule has 14 heteroatoms. The molecule has 6 N–H and O–H groups in total. The largest absolute Gasteiger partial charge is 0.354 e. The van der Waals surface area contributed by atoms with E-state index in [1.54, 1.807) is 0 Å². The fraction of sp³-hybridized carbons (Fsp3) is 0.455. The molecule has 4 aliphatic heterocycles. The van der Waals surface area contributed by atoms with Crippen molar-refractivity contribution in [2.75, 3.05) is 10.6 Å². The van der Waals surface area contributed by atoms with Gasteiger partial charge < -0.3 is 30.6 Å². The molecular formula is C123H156ClN13. The number of hydrogen-bond acceptors (Lipinski definition) is 9. The Morgan fingerprint density at radius 3 is 0.686 bits per heavy atom. The van der Waals surface area contributed by atoms with Crippen molar-refractivity contribution in [1.29, 1.82) is 0 Å². The van der Waals surface area contributed by atoms with Crippen molar-refractivity contribution < 1.29 is 0 Å². The van der Waals surface area contributed by atoms with Crippen LogP contribution in [0.15, 0.2) is 133 Å². The van der Waals surface area contributed by atoms with Gasteiger partial charge in [-0.3, -0.25) is 0 Å². The molecule has 0 fully saturated rings. The fourth-order valence-corrected chi connectivity index (χ4v) is 22.1. The molecule has 0 radical (unpaired) electrons. The number of aryl methyl sites for hydroxylation is 8. The van der Waals surface area contributed by atoms with E-state index in [2.05, 4.69) is 275 Å². The third-order valence-corrected chi connectivity index (χ3v) is 30.1. The molecule has 720 valence electrons. The molecule has 16 bridgehead atoms. The molecule has 0 spiro atoms. The van der Waals surface area contributed by atoms with Gasteiger partial charge in [-0.15, -0.1) is 0 Å². The van der Waals surface area contributed by atoms with Crippen LogP contribution in [0.3, 0.4) is 0 Å². The lowest BCUT2D eigenvalue weighted by atomic mass is 9.93. The van der Waals surface area contributed by atoms with E-state index in [0.717, 1.165) is 239 Å². The summed E-state index contributed by atoms with van der Waals surface area (Å²) in [6.07, 6.45) is 44.9. The van der Waals surface area contributed by atoms with E-state index < -0.39 is 0 Å². The van der Waals surface area contributed by atoms with Gasteiger partial charge in [0, 0.05) is 55.7 Å². The smallest absolute Gasteiger partial charge is 0.233 e. The predicted molar refractivity (Wildman–Crippen MR) is 590 cm³/mol. The minimum absolute atomic E-state index is 0.0703. The van der Waals surface area contributed by atoms with Gasteiger partial charge >= 0.3 is 0 Å². The quantitative estimate of drug-likeness (QED) is 0.0203. The Bertz CT molecular complexity index is 6150. The summed E-state index contributed by atoms with van der Waals surface area (Å²) in [5.74, 6) is 0.644. The number of unbranched alkanes of at least 4 members (excludes halogenated alkanes) is 24. The molecule has 0 atom stereocenters. The summed E-state index contributed by atoms with van der Waals surface area (Å²) >= 11 is 7.06. The molecule has 0 saturated heterocycles. The molecule has 11 aromatic rings. The Labute approximate surface area is 824 Å². The van der Waals surface area contributed by atoms with Crippen molar-refractivity contribution in [1.82, 2.24) is 54.8 Å². The highest BCUT2D eigenvalue weighted by molar-refractivity contribution is 6.28. The van der Waals surface area contributed by atoms with Gasteiger partial charge in [-0.1, -0.05) is 294 Å². The standard InChI is InChI=1S/C123H156ClN13/c1-17-25-33-47-59-93-79(9)113-109(87-55-43-41-44-56-87)114-80(10)94(60-48-34-26-18-2)102(128-114)76-106-98(64-52-38-30-22-6)84(14)118(132-106)111(117-83(13)97(63-51-37-29-21-5)105(131-117)75-101(93)127-113)89-67-71-91(72-68-89)125-122-135-121(124)136-123(137-122)126-92-73-69-90(70-74-92)112-119-85(15)99(65-53-39-31-23-7)107(133-119)77-103-95(61-49-35-27-19-3)81(11)115(129-103)110(88-57-45-42-46-58-88)116-82(12)96(62-50-36-28-20-4)104(130-116)78-108-100(66-54-40-32-24-8)86(16)120(112)134-108/h41-46,55-58,67-78,127,129,132,134H,17-40,47-54,59-66H2,1-16H3,(H2,125,126,135,136,137). The molecule has 0 unspecified atom stereocenters. The summed E-state index contributed by atoms with van der Waals surface area (Å²) in [5.41, 5.74) is 48.9. The van der Waals surface area contributed by atoms with Gasteiger partial charge in [-0.2, -0.15) is 15.0 Å². The number of aromatic nitrogens is 11. The van der Waals surface area contributed by atoms with Gasteiger partial charge in [-0.05, 0) is 330 Å². The molecule has 13 nitrogen and oxygen atoms in total. The molecule has 0 amide bonds. The fourth-order valence-electron chi connectivity index (χ4n) is 21.9. The zero-order chi connectivity index (χ0) is 96.0. The second-order valence-electron chi connectivity index (χ2n) is 39.8. The van der Waals surface area contributed by atoms with Crippen LogP contribution < -0.4 is 10.6 Å². The van der Waals surface area contributed by atoms with E-state index in [4.69, 9.17) is 46.5 Å². The Morgan fingerprint density at radius 2 is 0.460 bits per heavy atom. The third-order valence-electron chi connectivity index (χ3n) is 30.0. The Kier molecular flexibility index (Phi) is 35.6. The normalized spacial score (nSPS) is 12.9. The van der Waals surface area contributed by atoms with Crippen LogP contribution in [0.1, 0.15) is 404 Å². The number of nitrogens with one attached hydrogen (secondary N) is 6. The molecule has 0 aliphatic carbocycles. The van der Waals surface area contributed by atoms with E-state index in [1.165, 1.54) is 253 Å². The van der Waals surface area contributed by atoms with Gasteiger partial charge in [-0.25, -0.2) is 19.9 Å². The van der Waals surface area contributed by atoms with E-state index in [-0.39, 0.29) is 5.28 Å². The number of benzene rings is 4. The van der Waals surface area contributed by atoms with Gasteiger partial charge in [0.25, 0.3) is 0 Å². The van der Waals surface area contributed by atoms with Crippen LogP contribution in [0.25, 0.3) is 133 Å². The summed E-state index contributed by atoms with van der Waals surface area (Å²) in [5, 5.41) is 7.27. The topological polar surface area (TPSA) is 177 Å². The number of hydrogen-bond donors (Lipinski definition) is 6. The third kappa shape index (κ3) is 23.3. The Hall–Kier alpha value is -11.0. The maximum Gasteiger partial charge on any atom is 0.233 e. The SMILES string of the molecule is CCCCCCC1=C(C)c2nc1cc1[nH]c(c(C)c1CCCCCC)c(-c1ccccc1)c1nc(cc3[nH]c(c(C)c3CCCCCC)c2-c2ccc(Nc3nc(Cl)nc(Nc4ccc(-c5c6nc(cc7[nH]c(c(C)c7CCCCCC)c(-c7ccccc7)c7nc(cc8[nH]c5c(C)c8CCCCCC)C(CCCCCC)=C7C)C(CCCCCC)=C6C)cc4)n3)cc2)C(CCCCCC)=C1C. The molecule has 4 aliphatic rings. The van der Waals surface area contributed by atoms with Crippen molar-refractivity contribution in [2.24, 2.45) is 0 Å². The molecule has 7 aromatic heterocycles. The van der Waals surface area contributed by atoms with Crippen LogP contribution >= 0.6 is 11.6 Å². The van der Waals surface area contributed by atoms with Crippen LogP contribution in [0, 0.1) is 27.7 Å². The number of H-pyrrole nitrogens is 4. The second kappa shape index (κ2) is 48.5. The number of halogens is 1. The summed E-state index contributed by atoms with van der Waals surface area (Å²) < 4.78 is 0. The maximum atomic E-state index is 7.06. The molecule has 4 aromatic carbocycles. The molecule has 11 heterocycles. The number of anilines is 4. The summed E-state index contributed by atoms with van der Waals surface area (Å²) in [4.78, 5) is 55.5. The average Bonchev–Trinajstić information content (AvgIpc) is 1.59. The molecule has 0 saturated carbocycles. The maximum absolute atomic E-state index is 7.06. The lowest BCUT2D eigenvalue weighted by Crippen LogP contribution is -2.04. The monoisotopic (exact) mass is 1850 g/mol. The molecular weight excluding hydrogens is 1690 g/mol. The predicted octanol–water partition coefficient (Wildman–Crippen LogP) is 37.3. The average molecular weight is 1850 g/mol. The van der Waals surface area contributed by atoms with Crippen LogP contribution in [0.2, 0.25) is 5.28 Å². The summed E-state index contributed by atoms with van der Waals surface area (Å²) in [6.45, 7) is 37.3. The Balaban J connectivity index is 0.861. The minimum Gasteiger partial charge on any atom is -0.354 e. The van der Waals surface area contributed by atoms with Crippen molar-refractivity contribution >= 4 is 124 Å². The van der Waals surface area contributed by atoms with Gasteiger partial charge in [0.15, 0.2) is 0 Å². The van der Waals surface area contributed by atoms with E-state index in [1.807, 2.05) is 0 Å². The van der Waals surface area contributed by atoms with E-state index >= 15 is 0 Å². The number of nitrogens with zero attached hydrogens (tertiary/aromatic N) is 7. The van der Waals surface area contributed by atoms with Gasteiger partial charge in [0.2, 0.25) is 17.2 Å². The first-order valence-corrected chi connectivity index (χ1v) is 54.0. The van der Waals surface area contributed by atoms with Crippen molar-refractivity contribution in [2.45, 2.75) is 368 Å². The van der Waals surface area contributed by atoms with Gasteiger partial charge in [0.05, 0.1) is 67.6 Å². The first-order valence-electron chi connectivity index (χ1n) is 53.6. The number of allylic oxidation sites excluding steroid dienone is 8. The number of aromatic amines is 4. The lowest BCUT2D eigenvalue weighted by molar-refractivity contribution is 0.667. The van der Waals surface area contributed by atoms with E-state index in [0.29, 0.717) is 11.9 Å². The van der Waals surface area contributed by atoms with Crippen LogP contribution in [-0.2, 0) is 25.7 Å².